The van der Waals surface area contributed by atoms with Crippen LogP contribution in [0.25, 0.3) is 0 Å². The van der Waals surface area contributed by atoms with Crippen molar-refractivity contribution in [2.45, 2.75) is 51.7 Å². The van der Waals surface area contributed by atoms with Crippen molar-refractivity contribution >= 4 is 0 Å². The summed E-state index contributed by atoms with van der Waals surface area (Å²) in [5.41, 5.74) is 0. The van der Waals surface area contributed by atoms with Crippen LogP contribution in [0.2, 0.25) is 0 Å². The number of hydrogen-bond acceptors (Lipinski definition) is 2. The molecule has 1 fully saturated rings. The molecule has 0 aromatic carbocycles. The average molecular weight is 171 g/mol. The lowest BCUT2D eigenvalue weighted by atomic mass is 10.1. The highest BCUT2D eigenvalue weighted by Gasteiger charge is 2.22. The third kappa shape index (κ3) is 2.76. The largest absolute Gasteiger partial charge is 0.392 e. The van der Waals surface area contributed by atoms with Crippen LogP contribution in [0.15, 0.2) is 0 Å². The number of aliphatic hydroxyl groups is 1. The van der Waals surface area contributed by atoms with Gasteiger partial charge >= 0.3 is 0 Å². The second kappa shape index (κ2) is 4.83. The van der Waals surface area contributed by atoms with Gasteiger partial charge in [0.25, 0.3) is 0 Å². The van der Waals surface area contributed by atoms with Crippen molar-refractivity contribution in [3.8, 4) is 0 Å². The van der Waals surface area contributed by atoms with Crippen LogP contribution in [-0.2, 0) is 0 Å². The highest BCUT2D eigenvalue weighted by Crippen LogP contribution is 2.24. The molecule has 2 N–H and O–H groups in total. The fourth-order valence-corrected chi connectivity index (χ4v) is 1.88. The average Bonchev–Trinajstić information content (AvgIpc) is 2.47. The molecule has 0 spiro atoms. The molecular formula is C10H21NO. The van der Waals surface area contributed by atoms with Crippen LogP contribution in [0.4, 0.5) is 0 Å². The molecule has 0 saturated heterocycles. The van der Waals surface area contributed by atoms with Crippen LogP contribution in [0.5, 0.6) is 0 Å². The van der Waals surface area contributed by atoms with Crippen LogP contribution in [0.1, 0.15) is 39.5 Å². The van der Waals surface area contributed by atoms with Crippen LogP contribution in [0, 0.1) is 5.92 Å². The molecule has 0 bridgehead atoms. The minimum Gasteiger partial charge on any atom is -0.392 e. The maximum atomic E-state index is 9.34. The third-order valence-corrected chi connectivity index (χ3v) is 2.95. The standard InChI is InChI=1S/C10H21NO/c1-3-9(12)7-11-10-6-4-5-8(10)2/h8-12H,3-7H2,1-2H3. The molecule has 1 aliphatic carbocycles. The first-order valence-corrected chi connectivity index (χ1v) is 5.15. The molecule has 1 rings (SSSR count). The van der Waals surface area contributed by atoms with Gasteiger partial charge in [-0.2, -0.15) is 0 Å². The zero-order chi connectivity index (χ0) is 8.97. The summed E-state index contributed by atoms with van der Waals surface area (Å²) in [5.74, 6) is 0.800. The van der Waals surface area contributed by atoms with E-state index in [1.807, 2.05) is 6.92 Å². The van der Waals surface area contributed by atoms with Crippen molar-refractivity contribution < 1.29 is 5.11 Å². The van der Waals surface area contributed by atoms with Gasteiger partial charge in [0, 0.05) is 12.6 Å². The Kier molecular flexibility index (Phi) is 4.02. The molecular weight excluding hydrogens is 150 g/mol. The summed E-state index contributed by atoms with van der Waals surface area (Å²) in [6.07, 6.45) is 4.69. The summed E-state index contributed by atoms with van der Waals surface area (Å²) < 4.78 is 0. The molecule has 0 aromatic rings. The van der Waals surface area contributed by atoms with Crippen molar-refractivity contribution in [1.82, 2.24) is 5.32 Å². The van der Waals surface area contributed by atoms with Gasteiger partial charge in [0.2, 0.25) is 0 Å². The normalized spacial score (nSPS) is 32.2. The van der Waals surface area contributed by atoms with E-state index in [0.29, 0.717) is 6.04 Å². The van der Waals surface area contributed by atoms with E-state index >= 15 is 0 Å². The van der Waals surface area contributed by atoms with Gasteiger partial charge in [0.05, 0.1) is 6.10 Å². The van der Waals surface area contributed by atoms with Gasteiger partial charge in [-0.05, 0) is 25.2 Å². The van der Waals surface area contributed by atoms with Crippen LogP contribution < -0.4 is 5.32 Å². The van der Waals surface area contributed by atoms with Gasteiger partial charge in [-0.1, -0.05) is 20.3 Å². The minimum absolute atomic E-state index is 0.155. The maximum absolute atomic E-state index is 9.34. The zero-order valence-electron chi connectivity index (χ0n) is 8.21. The van der Waals surface area contributed by atoms with E-state index in [1.54, 1.807) is 0 Å². The van der Waals surface area contributed by atoms with Crippen LogP contribution in [-0.4, -0.2) is 23.8 Å². The first kappa shape index (κ1) is 10.0. The van der Waals surface area contributed by atoms with E-state index in [9.17, 15) is 5.11 Å². The molecule has 1 saturated carbocycles. The Hall–Kier alpha value is -0.0800. The molecule has 2 heteroatoms. The second-order valence-corrected chi connectivity index (χ2v) is 3.99. The Bertz CT molecular complexity index is 127. The molecule has 0 amide bonds. The van der Waals surface area contributed by atoms with Crippen molar-refractivity contribution in [2.75, 3.05) is 6.54 Å². The predicted molar refractivity (Wildman–Crippen MR) is 51.1 cm³/mol. The summed E-state index contributed by atoms with van der Waals surface area (Å²) >= 11 is 0. The Morgan fingerprint density at radius 1 is 1.50 bits per heavy atom. The van der Waals surface area contributed by atoms with E-state index in [1.165, 1.54) is 19.3 Å². The predicted octanol–water partition coefficient (Wildman–Crippen LogP) is 1.54. The van der Waals surface area contributed by atoms with Gasteiger partial charge in [-0.15, -0.1) is 0 Å². The summed E-state index contributed by atoms with van der Waals surface area (Å²) in [6.45, 7) is 5.08. The first-order chi connectivity index (χ1) is 5.74. The first-order valence-electron chi connectivity index (χ1n) is 5.15. The molecule has 1 aliphatic rings. The molecule has 0 aliphatic heterocycles. The van der Waals surface area contributed by atoms with Gasteiger partial charge in [-0.25, -0.2) is 0 Å². The van der Waals surface area contributed by atoms with E-state index < -0.39 is 0 Å². The quantitative estimate of drug-likeness (QED) is 0.672. The molecule has 72 valence electrons. The topological polar surface area (TPSA) is 32.3 Å². The Balaban J connectivity index is 2.13. The maximum Gasteiger partial charge on any atom is 0.0662 e. The summed E-state index contributed by atoms with van der Waals surface area (Å²) in [4.78, 5) is 0. The second-order valence-electron chi connectivity index (χ2n) is 3.99. The Morgan fingerprint density at radius 2 is 2.25 bits per heavy atom. The molecule has 0 radical (unpaired) electrons. The van der Waals surface area contributed by atoms with Gasteiger partial charge in [0.1, 0.15) is 0 Å². The SMILES string of the molecule is CCC(O)CNC1CCCC1C. The Morgan fingerprint density at radius 3 is 2.75 bits per heavy atom. The van der Waals surface area contributed by atoms with Crippen LogP contribution >= 0.6 is 0 Å². The van der Waals surface area contributed by atoms with Crippen molar-refractivity contribution in [1.29, 1.82) is 0 Å². The molecule has 0 heterocycles. The number of hydrogen-bond donors (Lipinski definition) is 2. The molecule has 2 nitrogen and oxygen atoms in total. The number of rotatable bonds is 4. The molecule has 3 atom stereocenters. The summed E-state index contributed by atoms with van der Waals surface area (Å²) in [6, 6.07) is 0.659. The van der Waals surface area contributed by atoms with E-state index in [-0.39, 0.29) is 6.10 Å². The van der Waals surface area contributed by atoms with Crippen LogP contribution in [0.3, 0.4) is 0 Å². The molecule has 3 unspecified atom stereocenters. The zero-order valence-corrected chi connectivity index (χ0v) is 8.21. The summed E-state index contributed by atoms with van der Waals surface area (Å²) in [5, 5.41) is 12.8. The fraction of sp³-hybridized carbons (Fsp3) is 1.00. The lowest BCUT2D eigenvalue weighted by Gasteiger charge is -2.19. The van der Waals surface area contributed by atoms with E-state index in [4.69, 9.17) is 0 Å². The summed E-state index contributed by atoms with van der Waals surface area (Å²) in [7, 11) is 0. The van der Waals surface area contributed by atoms with E-state index in [2.05, 4.69) is 12.2 Å². The lowest BCUT2D eigenvalue weighted by molar-refractivity contribution is 0.160. The highest BCUT2D eigenvalue weighted by molar-refractivity contribution is 4.80. The fourth-order valence-electron chi connectivity index (χ4n) is 1.88. The van der Waals surface area contributed by atoms with Crippen molar-refractivity contribution in [3.05, 3.63) is 0 Å². The molecule has 12 heavy (non-hydrogen) atoms. The number of aliphatic hydroxyl groups excluding tert-OH is 1. The van der Waals surface area contributed by atoms with Crippen molar-refractivity contribution in [3.63, 3.8) is 0 Å². The third-order valence-electron chi connectivity index (χ3n) is 2.95. The lowest BCUT2D eigenvalue weighted by Crippen LogP contribution is -2.36. The monoisotopic (exact) mass is 171 g/mol. The van der Waals surface area contributed by atoms with Gasteiger partial charge in [-0.3, -0.25) is 0 Å². The smallest absolute Gasteiger partial charge is 0.0662 e. The van der Waals surface area contributed by atoms with Crippen molar-refractivity contribution in [2.24, 2.45) is 5.92 Å². The van der Waals surface area contributed by atoms with Gasteiger partial charge < -0.3 is 10.4 Å². The van der Waals surface area contributed by atoms with E-state index in [0.717, 1.165) is 18.9 Å². The van der Waals surface area contributed by atoms with Gasteiger partial charge in [0.15, 0.2) is 0 Å². The molecule has 0 aromatic heterocycles. The highest BCUT2D eigenvalue weighted by atomic mass is 16.3. The number of nitrogens with one attached hydrogen (secondary N) is 1. The Labute approximate surface area is 75.4 Å². The minimum atomic E-state index is -0.155.